The van der Waals surface area contributed by atoms with Crippen LogP contribution in [0, 0.1) is 13.8 Å². The molecule has 0 aromatic heterocycles. The molecule has 0 unspecified atom stereocenters. The molecule has 0 atom stereocenters. The second kappa shape index (κ2) is 5.68. The zero-order chi connectivity index (χ0) is 16.7. The van der Waals surface area contributed by atoms with Crippen LogP contribution in [-0.2, 0) is 0 Å². The molecule has 0 bridgehead atoms. The average Bonchev–Trinajstić information content (AvgIpc) is 2.60. The molecule has 1 heteroatoms. The van der Waals surface area contributed by atoms with Gasteiger partial charge in [-0.25, -0.2) is 0 Å². The Morgan fingerprint density at radius 2 is 1.12 bits per heavy atom. The first-order valence-corrected chi connectivity index (χ1v) is 8.25. The summed E-state index contributed by atoms with van der Waals surface area (Å²) in [6.07, 6.45) is 0. The van der Waals surface area contributed by atoms with Crippen molar-refractivity contribution in [3.05, 3.63) is 77.9 Å². The van der Waals surface area contributed by atoms with Crippen molar-refractivity contribution < 1.29 is 4.74 Å². The number of aryl methyl sites for hydroxylation is 2. The predicted molar refractivity (Wildman–Crippen MR) is 103 cm³/mol. The van der Waals surface area contributed by atoms with Gasteiger partial charge in [-0.1, -0.05) is 48.5 Å². The first-order chi connectivity index (χ1) is 11.7. The van der Waals surface area contributed by atoms with E-state index in [1.54, 1.807) is 7.11 Å². The Bertz CT molecular complexity index is 983. The number of benzene rings is 4. The van der Waals surface area contributed by atoms with Crippen LogP contribution in [-0.4, -0.2) is 7.11 Å². The van der Waals surface area contributed by atoms with Crippen LogP contribution in [0.5, 0.6) is 5.75 Å². The molecule has 4 aromatic rings. The topological polar surface area (TPSA) is 9.23 Å². The molecule has 4 rings (SSSR count). The molecule has 0 aliphatic carbocycles. The van der Waals surface area contributed by atoms with Crippen LogP contribution in [0.25, 0.3) is 32.7 Å². The minimum atomic E-state index is 0.915. The van der Waals surface area contributed by atoms with Gasteiger partial charge in [-0.2, -0.15) is 0 Å². The molecule has 0 aliphatic heterocycles. The zero-order valence-corrected chi connectivity index (χ0v) is 14.3. The second-order valence-electron chi connectivity index (χ2n) is 6.33. The van der Waals surface area contributed by atoms with E-state index < -0.39 is 0 Å². The van der Waals surface area contributed by atoms with E-state index in [1.807, 2.05) is 0 Å². The molecule has 1 nitrogen and oxygen atoms in total. The SMILES string of the molecule is COc1cc(C)c(-c2c3ccccc3cc3ccccc23)c(C)c1. The predicted octanol–water partition coefficient (Wildman–Crippen LogP) is 6.29. The van der Waals surface area contributed by atoms with Gasteiger partial charge in [-0.3, -0.25) is 0 Å². The summed E-state index contributed by atoms with van der Waals surface area (Å²) in [6.45, 7) is 4.34. The minimum absolute atomic E-state index is 0.915. The Hall–Kier alpha value is -2.80. The quantitative estimate of drug-likeness (QED) is 0.395. The number of fused-ring (bicyclic) bond motifs is 2. The Morgan fingerprint density at radius 3 is 1.62 bits per heavy atom. The standard InChI is InChI=1S/C23H20O/c1-15-12-19(24-3)13-16(2)22(15)23-20-10-6-4-8-17(20)14-18-9-5-7-11-21(18)23/h4-14H,1-3H3. The van der Waals surface area contributed by atoms with Gasteiger partial charge in [0, 0.05) is 0 Å². The average molecular weight is 312 g/mol. The highest BCUT2D eigenvalue weighted by Gasteiger charge is 2.14. The highest BCUT2D eigenvalue weighted by Crippen LogP contribution is 2.40. The van der Waals surface area contributed by atoms with Gasteiger partial charge in [0.15, 0.2) is 0 Å². The molecule has 0 radical (unpaired) electrons. The zero-order valence-electron chi connectivity index (χ0n) is 14.3. The van der Waals surface area contributed by atoms with Crippen LogP contribution in [0.1, 0.15) is 11.1 Å². The van der Waals surface area contributed by atoms with Crippen LogP contribution >= 0.6 is 0 Å². The summed E-state index contributed by atoms with van der Waals surface area (Å²) >= 11 is 0. The first-order valence-electron chi connectivity index (χ1n) is 8.25. The van der Waals surface area contributed by atoms with E-state index in [2.05, 4.69) is 80.6 Å². The molecule has 0 saturated carbocycles. The van der Waals surface area contributed by atoms with Gasteiger partial charge in [-0.15, -0.1) is 0 Å². The summed E-state index contributed by atoms with van der Waals surface area (Å²) in [5.41, 5.74) is 5.12. The van der Waals surface area contributed by atoms with E-state index in [9.17, 15) is 0 Å². The van der Waals surface area contributed by atoms with E-state index in [0.717, 1.165) is 5.75 Å². The van der Waals surface area contributed by atoms with Crippen molar-refractivity contribution in [2.75, 3.05) is 7.11 Å². The summed E-state index contributed by atoms with van der Waals surface area (Å²) in [7, 11) is 1.72. The molecule has 0 saturated heterocycles. The van der Waals surface area contributed by atoms with Crippen LogP contribution < -0.4 is 4.74 Å². The van der Waals surface area contributed by atoms with Crippen LogP contribution in [0.2, 0.25) is 0 Å². The molecule has 4 aromatic carbocycles. The Kier molecular flexibility index (Phi) is 3.50. The van der Waals surface area contributed by atoms with E-state index in [4.69, 9.17) is 4.74 Å². The van der Waals surface area contributed by atoms with Gasteiger partial charge < -0.3 is 4.74 Å². The van der Waals surface area contributed by atoms with Gasteiger partial charge >= 0.3 is 0 Å². The fourth-order valence-corrected chi connectivity index (χ4v) is 3.72. The van der Waals surface area contributed by atoms with Crippen molar-refractivity contribution in [3.63, 3.8) is 0 Å². The molecule has 0 heterocycles. The molecule has 0 fully saturated rings. The summed E-state index contributed by atoms with van der Waals surface area (Å²) in [4.78, 5) is 0. The van der Waals surface area contributed by atoms with Crippen molar-refractivity contribution >= 4 is 21.5 Å². The van der Waals surface area contributed by atoms with Crippen LogP contribution in [0.3, 0.4) is 0 Å². The number of hydrogen-bond acceptors (Lipinski definition) is 1. The minimum Gasteiger partial charge on any atom is -0.497 e. The third kappa shape index (κ3) is 2.25. The Labute approximate surface area is 142 Å². The van der Waals surface area contributed by atoms with E-state index >= 15 is 0 Å². The van der Waals surface area contributed by atoms with Gasteiger partial charge in [-0.05, 0) is 75.8 Å². The van der Waals surface area contributed by atoms with Gasteiger partial charge in [0.2, 0.25) is 0 Å². The Morgan fingerprint density at radius 1 is 0.625 bits per heavy atom. The lowest BCUT2D eigenvalue weighted by Crippen LogP contribution is -1.94. The van der Waals surface area contributed by atoms with E-state index in [0.29, 0.717) is 0 Å². The summed E-state index contributed by atoms with van der Waals surface area (Å²) < 4.78 is 5.44. The lowest BCUT2D eigenvalue weighted by molar-refractivity contribution is 0.414. The Balaban J connectivity index is 2.19. The summed E-state index contributed by atoms with van der Waals surface area (Å²) in [6, 6.07) is 23.8. The summed E-state index contributed by atoms with van der Waals surface area (Å²) in [5, 5.41) is 5.15. The lowest BCUT2D eigenvalue weighted by atomic mass is 9.87. The van der Waals surface area contributed by atoms with Crippen molar-refractivity contribution in [2.24, 2.45) is 0 Å². The lowest BCUT2D eigenvalue weighted by Gasteiger charge is -2.17. The molecule has 0 amide bonds. The molecule has 24 heavy (non-hydrogen) atoms. The first kappa shape index (κ1) is 14.8. The van der Waals surface area contributed by atoms with Gasteiger partial charge in [0.05, 0.1) is 7.11 Å². The van der Waals surface area contributed by atoms with Crippen LogP contribution in [0.15, 0.2) is 66.7 Å². The highest BCUT2D eigenvalue weighted by atomic mass is 16.5. The smallest absolute Gasteiger partial charge is 0.119 e. The maximum Gasteiger partial charge on any atom is 0.119 e. The maximum absolute atomic E-state index is 5.44. The van der Waals surface area contributed by atoms with Crippen molar-refractivity contribution in [1.29, 1.82) is 0 Å². The number of methoxy groups -OCH3 is 1. The highest BCUT2D eigenvalue weighted by molar-refractivity contribution is 6.13. The van der Waals surface area contributed by atoms with E-state index in [-0.39, 0.29) is 0 Å². The van der Waals surface area contributed by atoms with Gasteiger partial charge in [0.25, 0.3) is 0 Å². The second-order valence-corrected chi connectivity index (χ2v) is 6.33. The third-order valence-electron chi connectivity index (χ3n) is 4.76. The van der Waals surface area contributed by atoms with Gasteiger partial charge in [0.1, 0.15) is 5.75 Å². The number of hydrogen-bond donors (Lipinski definition) is 0. The van der Waals surface area contributed by atoms with Crippen LogP contribution in [0.4, 0.5) is 0 Å². The molecular formula is C23H20O. The number of ether oxygens (including phenoxy) is 1. The fourth-order valence-electron chi connectivity index (χ4n) is 3.72. The third-order valence-corrected chi connectivity index (χ3v) is 4.76. The fraction of sp³-hybridized carbons (Fsp3) is 0.130. The van der Waals surface area contributed by atoms with E-state index in [1.165, 1.54) is 43.8 Å². The normalized spacial score (nSPS) is 11.1. The summed E-state index contributed by atoms with van der Waals surface area (Å²) in [5.74, 6) is 0.915. The molecule has 118 valence electrons. The molecule has 0 aliphatic rings. The van der Waals surface area contributed by atoms with Crippen molar-refractivity contribution in [2.45, 2.75) is 13.8 Å². The molecule has 0 N–H and O–H groups in total. The van der Waals surface area contributed by atoms with Crippen molar-refractivity contribution in [1.82, 2.24) is 0 Å². The maximum atomic E-state index is 5.44. The monoisotopic (exact) mass is 312 g/mol. The number of rotatable bonds is 2. The van der Waals surface area contributed by atoms with Crippen molar-refractivity contribution in [3.8, 4) is 16.9 Å². The largest absolute Gasteiger partial charge is 0.497 e. The molecule has 0 spiro atoms. The molecular weight excluding hydrogens is 292 g/mol.